The van der Waals surface area contributed by atoms with Crippen molar-refractivity contribution < 1.29 is 4.74 Å². The highest BCUT2D eigenvalue weighted by Gasteiger charge is 2.41. The average molecular weight is 306 g/mol. The molecule has 0 saturated carbocycles. The van der Waals surface area contributed by atoms with E-state index in [0.29, 0.717) is 12.0 Å². The predicted octanol–water partition coefficient (Wildman–Crippen LogP) is 3.34. The van der Waals surface area contributed by atoms with Crippen molar-refractivity contribution in [3.8, 4) is 0 Å². The lowest BCUT2D eigenvalue weighted by Crippen LogP contribution is -2.45. The summed E-state index contributed by atoms with van der Waals surface area (Å²) in [5.41, 5.74) is 2.65. The summed E-state index contributed by atoms with van der Waals surface area (Å²) in [7, 11) is 2.07. The molecule has 116 valence electrons. The molecule has 2 atom stereocenters. The van der Waals surface area contributed by atoms with Gasteiger partial charge in [0.2, 0.25) is 0 Å². The van der Waals surface area contributed by atoms with Gasteiger partial charge >= 0.3 is 0 Å². The minimum absolute atomic E-state index is 0.145. The van der Waals surface area contributed by atoms with Crippen molar-refractivity contribution in [2.75, 3.05) is 25.2 Å². The van der Waals surface area contributed by atoms with E-state index in [1.165, 1.54) is 42.0 Å². The SMILES string of the molecule is CNC(c1ncccc1C)C1CCOC2(CCSCC2)C1. The molecule has 0 bridgehead atoms. The Balaban J connectivity index is 1.79. The summed E-state index contributed by atoms with van der Waals surface area (Å²) in [5, 5.41) is 3.53. The zero-order valence-corrected chi connectivity index (χ0v) is 13.9. The van der Waals surface area contributed by atoms with Gasteiger partial charge in [0, 0.05) is 12.8 Å². The standard InChI is InChI=1S/C17H26N2OS/c1-13-4-3-8-19-15(13)16(18-2)14-5-9-20-17(12-14)6-10-21-11-7-17/h3-4,8,14,16,18H,5-7,9-12H2,1-2H3. The number of pyridine rings is 1. The number of aromatic nitrogens is 1. The molecule has 21 heavy (non-hydrogen) atoms. The first kappa shape index (κ1) is 15.3. The number of thioether (sulfide) groups is 1. The van der Waals surface area contributed by atoms with Gasteiger partial charge in [-0.15, -0.1) is 0 Å². The quantitative estimate of drug-likeness (QED) is 0.929. The van der Waals surface area contributed by atoms with Crippen LogP contribution in [0.1, 0.15) is 43.0 Å². The molecular formula is C17H26N2OS. The van der Waals surface area contributed by atoms with Crippen molar-refractivity contribution >= 4 is 11.8 Å². The third kappa shape index (κ3) is 3.27. The van der Waals surface area contributed by atoms with Crippen LogP contribution in [0.4, 0.5) is 0 Å². The molecule has 2 fully saturated rings. The lowest BCUT2D eigenvalue weighted by atomic mass is 9.77. The van der Waals surface area contributed by atoms with Crippen LogP contribution in [0.3, 0.4) is 0 Å². The lowest BCUT2D eigenvalue weighted by Gasteiger charge is -2.45. The van der Waals surface area contributed by atoms with Crippen LogP contribution in [0.15, 0.2) is 18.3 Å². The summed E-state index contributed by atoms with van der Waals surface area (Å²) >= 11 is 2.07. The summed E-state index contributed by atoms with van der Waals surface area (Å²) < 4.78 is 6.24. The van der Waals surface area contributed by atoms with Crippen LogP contribution in [-0.4, -0.2) is 35.7 Å². The fourth-order valence-corrected chi connectivity index (χ4v) is 5.10. The number of hydrogen-bond acceptors (Lipinski definition) is 4. The van der Waals surface area contributed by atoms with Gasteiger partial charge in [0.1, 0.15) is 0 Å². The number of rotatable bonds is 3. The highest BCUT2D eigenvalue weighted by Crippen LogP contribution is 2.43. The van der Waals surface area contributed by atoms with Crippen molar-refractivity contribution in [1.82, 2.24) is 10.3 Å². The summed E-state index contributed by atoms with van der Waals surface area (Å²) in [6.07, 6.45) is 6.65. The van der Waals surface area contributed by atoms with Gasteiger partial charge in [-0.3, -0.25) is 4.98 Å². The smallest absolute Gasteiger partial charge is 0.0701 e. The Morgan fingerprint density at radius 1 is 1.43 bits per heavy atom. The maximum atomic E-state index is 6.24. The Hall–Kier alpha value is -0.580. The fourth-order valence-electron chi connectivity index (χ4n) is 3.86. The van der Waals surface area contributed by atoms with Crippen molar-refractivity contribution in [1.29, 1.82) is 0 Å². The monoisotopic (exact) mass is 306 g/mol. The number of nitrogens with one attached hydrogen (secondary N) is 1. The number of aryl methyl sites for hydroxylation is 1. The van der Waals surface area contributed by atoms with Gasteiger partial charge in [-0.1, -0.05) is 6.07 Å². The Bertz CT molecular complexity index is 468. The molecule has 2 saturated heterocycles. The van der Waals surface area contributed by atoms with Crippen molar-refractivity contribution in [3.63, 3.8) is 0 Å². The number of nitrogens with zero attached hydrogens (tertiary/aromatic N) is 1. The van der Waals surface area contributed by atoms with E-state index in [1.54, 1.807) is 0 Å². The molecule has 3 nitrogen and oxygen atoms in total. The molecule has 3 rings (SSSR count). The molecule has 1 N–H and O–H groups in total. The van der Waals surface area contributed by atoms with Gasteiger partial charge < -0.3 is 10.1 Å². The minimum atomic E-state index is 0.145. The molecule has 1 aromatic heterocycles. The summed E-state index contributed by atoms with van der Waals surface area (Å²) in [5.74, 6) is 3.12. The lowest BCUT2D eigenvalue weighted by molar-refractivity contribution is -0.107. The Kier molecular flexibility index (Phi) is 4.87. The maximum Gasteiger partial charge on any atom is 0.0701 e. The topological polar surface area (TPSA) is 34.2 Å². The van der Waals surface area contributed by atoms with E-state index in [2.05, 4.69) is 42.1 Å². The molecule has 0 aliphatic carbocycles. The van der Waals surface area contributed by atoms with Gasteiger partial charge in [-0.2, -0.15) is 11.8 Å². The fraction of sp³-hybridized carbons (Fsp3) is 0.706. The number of ether oxygens (including phenoxy) is 1. The average Bonchev–Trinajstić information content (AvgIpc) is 2.51. The molecule has 4 heteroatoms. The molecule has 0 aromatic carbocycles. The second-order valence-corrected chi connectivity index (χ2v) is 7.59. The molecule has 1 spiro atoms. The minimum Gasteiger partial charge on any atom is -0.375 e. The van der Waals surface area contributed by atoms with E-state index in [1.807, 2.05) is 12.3 Å². The van der Waals surface area contributed by atoms with E-state index in [9.17, 15) is 0 Å². The molecule has 2 unspecified atom stereocenters. The molecule has 0 amide bonds. The first-order valence-electron chi connectivity index (χ1n) is 8.05. The van der Waals surface area contributed by atoms with Crippen molar-refractivity contribution in [2.45, 2.75) is 44.2 Å². The van der Waals surface area contributed by atoms with Crippen LogP contribution in [-0.2, 0) is 4.74 Å². The summed E-state index contributed by atoms with van der Waals surface area (Å²) in [4.78, 5) is 4.65. The molecule has 2 aliphatic rings. The Morgan fingerprint density at radius 2 is 2.24 bits per heavy atom. The van der Waals surface area contributed by atoms with Crippen LogP contribution in [0.5, 0.6) is 0 Å². The summed E-state index contributed by atoms with van der Waals surface area (Å²) in [6.45, 7) is 3.07. The van der Waals surface area contributed by atoms with Crippen LogP contribution < -0.4 is 5.32 Å². The van der Waals surface area contributed by atoms with Gasteiger partial charge in [0.25, 0.3) is 0 Å². The number of hydrogen-bond donors (Lipinski definition) is 1. The van der Waals surface area contributed by atoms with E-state index in [4.69, 9.17) is 4.74 Å². The molecule has 1 aromatic rings. The van der Waals surface area contributed by atoms with Gasteiger partial charge in [-0.05, 0) is 68.7 Å². The van der Waals surface area contributed by atoms with Gasteiger partial charge in [-0.25, -0.2) is 0 Å². The first-order valence-corrected chi connectivity index (χ1v) is 9.20. The van der Waals surface area contributed by atoms with Crippen LogP contribution in [0, 0.1) is 12.8 Å². The first-order chi connectivity index (χ1) is 10.2. The zero-order valence-electron chi connectivity index (χ0n) is 13.1. The van der Waals surface area contributed by atoms with Gasteiger partial charge in [0.15, 0.2) is 0 Å². The zero-order chi connectivity index (χ0) is 14.7. The van der Waals surface area contributed by atoms with Crippen LogP contribution in [0.2, 0.25) is 0 Å². The molecule has 0 radical (unpaired) electrons. The maximum absolute atomic E-state index is 6.24. The van der Waals surface area contributed by atoms with Crippen molar-refractivity contribution in [3.05, 3.63) is 29.6 Å². The molecule has 3 heterocycles. The largest absolute Gasteiger partial charge is 0.375 e. The molecule has 2 aliphatic heterocycles. The predicted molar refractivity (Wildman–Crippen MR) is 88.7 cm³/mol. The van der Waals surface area contributed by atoms with E-state index in [0.717, 1.165) is 13.0 Å². The van der Waals surface area contributed by atoms with E-state index >= 15 is 0 Å². The second-order valence-electron chi connectivity index (χ2n) is 6.37. The van der Waals surface area contributed by atoms with Crippen molar-refractivity contribution in [2.24, 2.45) is 5.92 Å². The summed E-state index contributed by atoms with van der Waals surface area (Å²) in [6, 6.07) is 4.54. The third-order valence-electron chi connectivity index (χ3n) is 5.06. The van der Waals surface area contributed by atoms with Crippen LogP contribution >= 0.6 is 11.8 Å². The van der Waals surface area contributed by atoms with E-state index in [-0.39, 0.29) is 5.60 Å². The highest BCUT2D eigenvalue weighted by molar-refractivity contribution is 7.99. The Labute approximate surface area is 132 Å². The second kappa shape index (κ2) is 6.67. The van der Waals surface area contributed by atoms with E-state index < -0.39 is 0 Å². The molecular weight excluding hydrogens is 280 g/mol. The normalized spacial score (nSPS) is 26.7. The Morgan fingerprint density at radius 3 is 2.95 bits per heavy atom. The highest BCUT2D eigenvalue weighted by atomic mass is 32.2. The third-order valence-corrected chi connectivity index (χ3v) is 6.05. The van der Waals surface area contributed by atoms with Crippen LogP contribution in [0.25, 0.3) is 0 Å². The van der Waals surface area contributed by atoms with Gasteiger partial charge in [0.05, 0.1) is 17.3 Å².